The highest BCUT2D eigenvalue weighted by Gasteiger charge is 2.14. The van der Waals surface area contributed by atoms with Crippen molar-refractivity contribution in [1.82, 2.24) is 4.90 Å². The Morgan fingerprint density at radius 3 is 2.74 bits per heavy atom. The van der Waals surface area contributed by atoms with Crippen molar-refractivity contribution in [2.24, 2.45) is 0 Å². The third-order valence-electron chi connectivity index (χ3n) is 2.88. The van der Waals surface area contributed by atoms with Gasteiger partial charge in [0.2, 0.25) is 0 Å². The van der Waals surface area contributed by atoms with Crippen molar-refractivity contribution in [2.45, 2.75) is 19.9 Å². The molecule has 1 amide bonds. The minimum absolute atomic E-state index is 0.0877. The van der Waals surface area contributed by atoms with Crippen molar-refractivity contribution in [3.8, 4) is 0 Å². The fourth-order valence-corrected chi connectivity index (χ4v) is 3.24. The number of thiophene rings is 1. The van der Waals surface area contributed by atoms with Crippen molar-refractivity contribution in [1.29, 1.82) is 0 Å². The highest BCUT2D eigenvalue weighted by molar-refractivity contribution is 9.10. The number of carbonyl (C=O) groups is 1. The molecule has 0 saturated carbocycles. The maximum atomic E-state index is 12.3. The summed E-state index contributed by atoms with van der Waals surface area (Å²) in [7, 11) is 1.84. The molecule has 0 bridgehead atoms. The van der Waals surface area contributed by atoms with Crippen LogP contribution in [0.1, 0.15) is 27.0 Å². The van der Waals surface area contributed by atoms with Gasteiger partial charge in [-0.3, -0.25) is 4.79 Å². The summed E-state index contributed by atoms with van der Waals surface area (Å²) in [5.41, 5.74) is 1.12. The number of hydrogen-bond acceptors (Lipinski definition) is 2. The van der Waals surface area contributed by atoms with Crippen LogP contribution in [0.4, 0.5) is 0 Å². The molecule has 0 N–H and O–H groups in total. The zero-order valence-corrected chi connectivity index (χ0v) is 13.4. The van der Waals surface area contributed by atoms with Gasteiger partial charge in [0.1, 0.15) is 0 Å². The topological polar surface area (TPSA) is 20.3 Å². The van der Waals surface area contributed by atoms with Crippen LogP contribution < -0.4 is 0 Å². The van der Waals surface area contributed by atoms with Crippen LogP contribution in [0.15, 0.2) is 40.9 Å². The van der Waals surface area contributed by atoms with Gasteiger partial charge in [-0.1, -0.05) is 35.0 Å². The van der Waals surface area contributed by atoms with Crippen molar-refractivity contribution in [2.75, 3.05) is 7.05 Å². The summed E-state index contributed by atoms with van der Waals surface area (Å²) < 4.78 is 1.04. The largest absolute Gasteiger partial charge is 0.337 e. The summed E-state index contributed by atoms with van der Waals surface area (Å²) in [5.74, 6) is 0.0877. The SMILES string of the molecule is CCc1ccc(C(=O)N(C)Cc2cccc(Br)c2)s1. The molecular formula is C15H16BrNOS. The second kappa shape index (κ2) is 6.35. The van der Waals surface area contributed by atoms with Gasteiger partial charge in [0.15, 0.2) is 0 Å². The smallest absolute Gasteiger partial charge is 0.263 e. The molecule has 100 valence electrons. The van der Waals surface area contributed by atoms with Crippen LogP contribution >= 0.6 is 27.3 Å². The molecular weight excluding hydrogens is 322 g/mol. The molecule has 0 spiro atoms. The monoisotopic (exact) mass is 337 g/mol. The fourth-order valence-electron chi connectivity index (χ4n) is 1.85. The molecule has 1 aromatic heterocycles. The van der Waals surface area contributed by atoms with Crippen molar-refractivity contribution in [3.05, 3.63) is 56.2 Å². The molecule has 0 unspecified atom stereocenters. The molecule has 2 aromatic rings. The Hall–Kier alpha value is -1.13. The van der Waals surface area contributed by atoms with Gasteiger partial charge in [0, 0.05) is 22.9 Å². The molecule has 2 nitrogen and oxygen atoms in total. The lowest BCUT2D eigenvalue weighted by Crippen LogP contribution is -2.25. The van der Waals surface area contributed by atoms with E-state index in [1.54, 1.807) is 16.2 Å². The second-order valence-corrected chi connectivity index (χ2v) is 6.49. The lowest BCUT2D eigenvalue weighted by Gasteiger charge is -2.16. The van der Waals surface area contributed by atoms with E-state index >= 15 is 0 Å². The number of halogens is 1. The van der Waals surface area contributed by atoms with Crippen LogP contribution in [-0.2, 0) is 13.0 Å². The number of hydrogen-bond donors (Lipinski definition) is 0. The van der Waals surface area contributed by atoms with Gasteiger partial charge in [-0.15, -0.1) is 11.3 Å². The molecule has 0 aliphatic heterocycles. The van der Waals surface area contributed by atoms with Crippen molar-refractivity contribution < 1.29 is 4.79 Å². The molecule has 0 radical (unpaired) electrons. The van der Waals surface area contributed by atoms with Crippen LogP contribution in [0, 0.1) is 0 Å². The van der Waals surface area contributed by atoms with Gasteiger partial charge in [-0.2, -0.15) is 0 Å². The standard InChI is InChI=1S/C15H16BrNOS/c1-3-13-7-8-14(19-13)15(18)17(2)10-11-5-4-6-12(16)9-11/h4-9H,3,10H2,1-2H3. The third kappa shape index (κ3) is 3.67. The second-order valence-electron chi connectivity index (χ2n) is 4.41. The average molecular weight is 338 g/mol. The molecule has 19 heavy (non-hydrogen) atoms. The van der Waals surface area contributed by atoms with Crippen molar-refractivity contribution >= 4 is 33.2 Å². The number of carbonyl (C=O) groups excluding carboxylic acids is 1. The lowest BCUT2D eigenvalue weighted by atomic mass is 10.2. The van der Waals surface area contributed by atoms with Crippen LogP contribution in [0.3, 0.4) is 0 Å². The normalized spacial score (nSPS) is 10.5. The molecule has 0 saturated heterocycles. The van der Waals surface area contributed by atoms with Gasteiger partial charge in [-0.25, -0.2) is 0 Å². The van der Waals surface area contributed by atoms with Crippen LogP contribution in [0.25, 0.3) is 0 Å². The van der Waals surface area contributed by atoms with E-state index in [1.807, 2.05) is 43.4 Å². The molecule has 1 aromatic carbocycles. The molecule has 0 atom stereocenters. The maximum absolute atomic E-state index is 12.3. The summed E-state index contributed by atoms with van der Waals surface area (Å²) >= 11 is 5.03. The first-order valence-electron chi connectivity index (χ1n) is 6.18. The van der Waals surface area contributed by atoms with E-state index in [-0.39, 0.29) is 5.91 Å². The molecule has 0 aliphatic carbocycles. The number of amides is 1. The molecule has 0 fully saturated rings. The summed E-state index contributed by atoms with van der Waals surface area (Å²) in [6, 6.07) is 12.0. The van der Waals surface area contributed by atoms with Crippen LogP contribution in [-0.4, -0.2) is 17.9 Å². The highest BCUT2D eigenvalue weighted by Crippen LogP contribution is 2.20. The Morgan fingerprint density at radius 1 is 1.32 bits per heavy atom. The Kier molecular flexibility index (Phi) is 4.77. The molecule has 2 rings (SSSR count). The fraction of sp³-hybridized carbons (Fsp3) is 0.267. The first kappa shape index (κ1) is 14.3. The predicted octanol–water partition coefficient (Wildman–Crippen LogP) is 4.35. The third-order valence-corrected chi connectivity index (χ3v) is 4.59. The minimum Gasteiger partial charge on any atom is -0.337 e. The number of aryl methyl sites for hydroxylation is 1. The van der Waals surface area contributed by atoms with Crippen molar-refractivity contribution in [3.63, 3.8) is 0 Å². The van der Waals surface area contributed by atoms with E-state index in [2.05, 4.69) is 22.9 Å². The average Bonchev–Trinajstić information content (AvgIpc) is 2.86. The summed E-state index contributed by atoms with van der Waals surface area (Å²) in [6.45, 7) is 2.73. The minimum atomic E-state index is 0.0877. The van der Waals surface area contributed by atoms with Crippen LogP contribution in [0.5, 0.6) is 0 Å². The van der Waals surface area contributed by atoms with Gasteiger partial charge in [-0.05, 0) is 36.2 Å². The van der Waals surface area contributed by atoms with Gasteiger partial charge in [0.25, 0.3) is 5.91 Å². The Bertz CT molecular complexity index is 579. The highest BCUT2D eigenvalue weighted by atomic mass is 79.9. The van der Waals surface area contributed by atoms with E-state index in [4.69, 9.17) is 0 Å². The number of benzene rings is 1. The molecule has 1 heterocycles. The van der Waals surface area contributed by atoms with E-state index in [9.17, 15) is 4.79 Å². The summed E-state index contributed by atoms with van der Waals surface area (Å²) in [4.78, 5) is 16.1. The van der Waals surface area contributed by atoms with E-state index in [0.717, 1.165) is 21.3 Å². The molecule has 4 heteroatoms. The summed E-state index contributed by atoms with van der Waals surface area (Å²) in [5, 5.41) is 0. The number of nitrogens with zero attached hydrogens (tertiary/aromatic N) is 1. The Balaban J connectivity index is 2.07. The van der Waals surface area contributed by atoms with Gasteiger partial charge >= 0.3 is 0 Å². The predicted molar refractivity (Wildman–Crippen MR) is 83.6 cm³/mol. The Labute approximate surface area is 126 Å². The molecule has 0 aliphatic rings. The van der Waals surface area contributed by atoms with E-state index in [1.165, 1.54) is 4.88 Å². The Morgan fingerprint density at radius 2 is 2.11 bits per heavy atom. The number of rotatable bonds is 4. The summed E-state index contributed by atoms with van der Waals surface area (Å²) in [6.07, 6.45) is 0.979. The van der Waals surface area contributed by atoms with Crippen LogP contribution in [0.2, 0.25) is 0 Å². The van der Waals surface area contributed by atoms with E-state index < -0.39 is 0 Å². The van der Waals surface area contributed by atoms with E-state index in [0.29, 0.717) is 6.54 Å². The maximum Gasteiger partial charge on any atom is 0.263 e. The first-order valence-corrected chi connectivity index (χ1v) is 7.79. The quantitative estimate of drug-likeness (QED) is 0.812. The zero-order chi connectivity index (χ0) is 13.8. The van der Waals surface area contributed by atoms with Gasteiger partial charge < -0.3 is 4.90 Å². The zero-order valence-electron chi connectivity index (χ0n) is 11.0. The lowest BCUT2D eigenvalue weighted by molar-refractivity contribution is 0.0790. The van der Waals surface area contributed by atoms with Gasteiger partial charge in [0.05, 0.1) is 4.88 Å². The first-order chi connectivity index (χ1) is 9.10.